The first-order valence-electron chi connectivity index (χ1n) is 8.92. The summed E-state index contributed by atoms with van der Waals surface area (Å²) in [4.78, 5) is 18.4. The average Bonchev–Trinajstić information content (AvgIpc) is 2.61. The number of fused-ring (bicyclic) bond motifs is 1. The van der Waals surface area contributed by atoms with Gasteiger partial charge < -0.3 is 4.90 Å². The number of anilines is 1. The van der Waals surface area contributed by atoms with Gasteiger partial charge in [-0.2, -0.15) is 5.10 Å². The Labute approximate surface area is 155 Å². The molecule has 1 aliphatic rings. The average molecular weight is 350 g/mol. The van der Waals surface area contributed by atoms with Crippen molar-refractivity contribution in [1.82, 2.24) is 10.4 Å². The standard InChI is InChI=1S/C21H26N4O/c1-14-10-19-17(15(2)12-21(3,4)25(19)5)11-16(14)13-23-24-20(26)18-8-6-7-9-22-18/h6-11,13,15H,12H2,1-5H3,(H,24,26)/b23-13+. The summed E-state index contributed by atoms with van der Waals surface area (Å²) in [7, 11) is 2.16. The van der Waals surface area contributed by atoms with Crippen molar-refractivity contribution in [2.24, 2.45) is 5.10 Å². The maximum Gasteiger partial charge on any atom is 0.289 e. The largest absolute Gasteiger partial charge is 0.369 e. The zero-order chi connectivity index (χ0) is 18.9. The minimum absolute atomic E-state index is 0.144. The van der Waals surface area contributed by atoms with E-state index in [0.29, 0.717) is 11.6 Å². The summed E-state index contributed by atoms with van der Waals surface area (Å²) in [6.07, 6.45) is 4.40. The Morgan fingerprint density at radius 1 is 1.38 bits per heavy atom. The quantitative estimate of drug-likeness (QED) is 0.675. The highest BCUT2D eigenvalue weighted by Crippen LogP contribution is 2.43. The number of carbonyl (C=O) groups is 1. The van der Waals surface area contributed by atoms with Crippen LogP contribution < -0.4 is 10.3 Å². The third kappa shape index (κ3) is 3.47. The van der Waals surface area contributed by atoms with E-state index in [-0.39, 0.29) is 11.4 Å². The smallest absolute Gasteiger partial charge is 0.289 e. The van der Waals surface area contributed by atoms with Crippen LogP contribution in [0.25, 0.3) is 0 Å². The summed E-state index contributed by atoms with van der Waals surface area (Å²) < 4.78 is 0. The van der Waals surface area contributed by atoms with E-state index in [0.717, 1.165) is 17.5 Å². The summed E-state index contributed by atoms with van der Waals surface area (Å²) in [6.45, 7) is 8.91. The fraction of sp³-hybridized carbons (Fsp3) is 0.381. The number of pyridine rings is 1. The van der Waals surface area contributed by atoms with Crippen molar-refractivity contribution >= 4 is 17.8 Å². The number of aromatic nitrogens is 1. The van der Waals surface area contributed by atoms with Crippen molar-refractivity contribution < 1.29 is 4.79 Å². The Bertz CT molecular complexity index is 843. The number of aryl methyl sites for hydroxylation is 1. The molecule has 1 atom stereocenters. The van der Waals surface area contributed by atoms with Gasteiger partial charge in [-0.1, -0.05) is 13.0 Å². The zero-order valence-corrected chi connectivity index (χ0v) is 16.1. The van der Waals surface area contributed by atoms with Crippen molar-refractivity contribution in [3.8, 4) is 0 Å². The van der Waals surface area contributed by atoms with Crippen molar-refractivity contribution in [2.75, 3.05) is 11.9 Å². The van der Waals surface area contributed by atoms with E-state index in [2.05, 4.69) is 67.3 Å². The normalized spacial score (nSPS) is 18.7. The molecular formula is C21H26N4O. The second-order valence-electron chi connectivity index (χ2n) is 7.66. The highest BCUT2D eigenvalue weighted by molar-refractivity contribution is 5.93. The molecule has 0 fully saturated rings. The van der Waals surface area contributed by atoms with Crippen molar-refractivity contribution in [1.29, 1.82) is 0 Å². The number of carbonyl (C=O) groups excluding carboxylic acids is 1. The maximum absolute atomic E-state index is 12.0. The monoisotopic (exact) mass is 350 g/mol. The second kappa shape index (κ2) is 6.90. The van der Waals surface area contributed by atoms with Gasteiger partial charge >= 0.3 is 0 Å². The first kappa shape index (κ1) is 18.1. The van der Waals surface area contributed by atoms with Crippen molar-refractivity contribution in [3.05, 3.63) is 58.9 Å². The van der Waals surface area contributed by atoms with Crippen LogP contribution in [0.4, 0.5) is 5.69 Å². The van der Waals surface area contributed by atoms with Gasteiger partial charge in [-0.05, 0) is 74.1 Å². The first-order chi connectivity index (χ1) is 12.3. The van der Waals surface area contributed by atoms with Gasteiger partial charge in [-0.3, -0.25) is 9.78 Å². The lowest BCUT2D eigenvalue weighted by atomic mass is 9.79. The molecule has 0 radical (unpaired) electrons. The van der Waals surface area contributed by atoms with E-state index in [1.54, 1.807) is 30.6 Å². The predicted molar refractivity (Wildman–Crippen MR) is 106 cm³/mol. The van der Waals surface area contributed by atoms with Crippen LogP contribution in [0, 0.1) is 6.92 Å². The molecule has 0 bridgehead atoms. The predicted octanol–water partition coefficient (Wildman–Crippen LogP) is 3.88. The number of rotatable bonds is 3. The Kier molecular flexibility index (Phi) is 4.81. The Hall–Kier alpha value is -2.69. The fourth-order valence-electron chi connectivity index (χ4n) is 3.59. The van der Waals surface area contributed by atoms with E-state index < -0.39 is 0 Å². The fourth-order valence-corrected chi connectivity index (χ4v) is 3.59. The van der Waals surface area contributed by atoms with Gasteiger partial charge in [0, 0.05) is 24.5 Å². The van der Waals surface area contributed by atoms with Crippen LogP contribution in [0.5, 0.6) is 0 Å². The lowest BCUT2D eigenvalue weighted by Gasteiger charge is -2.45. The van der Waals surface area contributed by atoms with E-state index in [9.17, 15) is 4.79 Å². The summed E-state index contributed by atoms with van der Waals surface area (Å²) >= 11 is 0. The first-order valence-corrected chi connectivity index (χ1v) is 8.92. The molecule has 3 rings (SSSR count). The highest BCUT2D eigenvalue weighted by Gasteiger charge is 2.34. The Balaban J connectivity index is 1.82. The molecule has 2 heterocycles. The molecule has 1 amide bonds. The van der Waals surface area contributed by atoms with Crippen LogP contribution in [0.2, 0.25) is 0 Å². The third-order valence-corrected chi connectivity index (χ3v) is 5.29. The topological polar surface area (TPSA) is 57.6 Å². The molecule has 5 nitrogen and oxygen atoms in total. The van der Waals surface area contributed by atoms with Gasteiger partial charge in [0.1, 0.15) is 5.69 Å². The molecule has 1 aromatic heterocycles. The summed E-state index contributed by atoms with van der Waals surface area (Å²) in [5.41, 5.74) is 7.80. The van der Waals surface area contributed by atoms with Crippen LogP contribution in [0.15, 0.2) is 41.6 Å². The molecule has 136 valence electrons. The van der Waals surface area contributed by atoms with Gasteiger partial charge in [-0.15, -0.1) is 0 Å². The number of hydrazone groups is 1. The molecule has 5 heteroatoms. The number of hydrogen-bond acceptors (Lipinski definition) is 4. The summed E-state index contributed by atoms with van der Waals surface area (Å²) in [5, 5.41) is 4.12. The molecule has 0 saturated carbocycles. The summed E-state index contributed by atoms with van der Waals surface area (Å²) in [6, 6.07) is 9.62. The van der Waals surface area contributed by atoms with Crippen LogP contribution in [-0.2, 0) is 0 Å². The van der Waals surface area contributed by atoms with Gasteiger partial charge in [0.2, 0.25) is 0 Å². The molecular weight excluding hydrogens is 324 g/mol. The molecule has 0 spiro atoms. The molecule has 1 unspecified atom stereocenters. The van der Waals surface area contributed by atoms with E-state index in [1.165, 1.54) is 11.3 Å². The lowest BCUT2D eigenvalue weighted by Crippen LogP contribution is -2.45. The highest BCUT2D eigenvalue weighted by atomic mass is 16.2. The van der Waals surface area contributed by atoms with Crippen LogP contribution >= 0.6 is 0 Å². The van der Waals surface area contributed by atoms with Crippen molar-refractivity contribution in [2.45, 2.75) is 45.6 Å². The molecule has 0 saturated heterocycles. The van der Waals surface area contributed by atoms with Crippen LogP contribution in [-0.4, -0.2) is 29.7 Å². The molecule has 1 aliphatic heterocycles. The number of benzene rings is 1. The molecule has 1 N–H and O–H groups in total. The third-order valence-electron chi connectivity index (χ3n) is 5.29. The minimum atomic E-state index is -0.313. The number of amides is 1. The molecule has 26 heavy (non-hydrogen) atoms. The Morgan fingerprint density at radius 3 is 2.85 bits per heavy atom. The maximum atomic E-state index is 12.0. The number of hydrogen-bond donors (Lipinski definition) is 1. The minimum Gasteiger partial charge on any atom is -0.369 e. The molecule has 0 aliphatic carbocycles. The summed E-state index contributed by atoms with van der Waals surface area (Å²) in [5.74, 6) is 0.166. The zero-order valence-electron chi connectivity index (χ0n) is 16.1. The van der Waals surface area contributed by atoms with Gasteiger partial charge in [0.15, 0.2) is 0 Å². The second-order valence-corrected chi connectivity index (χ2v) is 7.66. The van der Waals surface area contributed by atoms with Crippen LogP contribution in [0.3, 0.4) is 0 Å². The Morgan fingerprint density at radius 2 is 2.15 bits per heavy atom. The van der Waals surface area contributed by atoms with E-state index in [1.807, 2.05) is 0 Å². The van der Waals surface area contributed by atoms with Crippen molar-refractivity contribution in [3.63, 3.8) is 0 Å². The SMILES string of the molecule is Cc1cc2c(cc1/C=N/NC(=O)c1ccccn1)C(C)CC(C)(C)N2C. The number of nitrogens with one attached hydrogen (secondary N) is 1. The lowest BCUT2D eigenvalue weighted by molar-refractivity contribution is 0.0950. The van der Waals surface area contributed by atoms with E-state index >= 15 is 0 Å². The van der Waals surface area contributed by atoms with E-state index in [4.69, 9.17) is 0 Å². The molecule has 2 aromatic rings. The van der Waals surface area contributed by atoms with Crippen LogP contribution in [0.1, 0.15) is 60.3 Å². The van der Waals surface area contributed by atoms with Gasteiger partial charge in [0.25, 0.3) is 5.91 Å². The van der Waals surface area contributed by atoms with Gasteiger partial charge in [0.05, 0.1) is 6.21 Å². The molecule has 1 aromatic carbocycles. The number of nitrogens with zero attached hydrogens (tertiary/aromatic N) is 3. The van der Waals surface area contributed by atoms with Gasteiger partial charge in [-0.25, -0.2) is 5.43 Å².